The largest absolute Gasteiger partial charge is 0.496 e. The van der Waals surface area contributed by atoms with E-state index in [0.717, 1.165) is 5.56 Å². The first kappa shape index (κ1) is 25.9. The quantitative estimate of drug-likeness (QED) is 0.195. The fourth-order valence-corrected chi connectivity index (χ4v) is 5.47. The van der Waals surface area contributed by atoms with Crippen LogP contribution in [-0.2, 0) is 9.53 Å². The number of methoxy groups -OCH3 is 1. The Morgan fingerprint density at radius 3 is 2.67 bits per heavy atom. The molecule has 0 spiro atoms. The minimum absolute atomic E-state index is 0.103. The van der Waals surface area contributed by atoms with Crippen molar-refractivity contribution in [1.29, 1.82) is 0 Å². The van der Waals surface area contributed by atoms with Crippen molar-refractivity contribution in [2.24, 2.45) is 4.99 Å². The maximum Gasteiger partial charge on any atom is 0.338 e. The van der Waals surface area contributed by atoms with Crippen LogP contribution in [0.15, 0.2) is 86.1 Å². The summed E-state index contributed by atoms with van der Waals surface area (Å²) in [5.74, 6) is 0.584. The third kappa shape index (κ3) is 4.79. The van der Waals surface area contributed by atoms with Crippen molar-refractivity contribution in [3.05, 3.63) is 113 Å². The summed E-state index contributed by atoms with van der Waals surface area (Å²) in [7, 11) is 1.42. The molecule has 3 heterocycles. The molecule has 11 heteroatoms. The molecule has 0 saturated carbocycles. The predicted molar refractivity (Wildman–Crippen MR) is 144 cm³/mol. The maximum atomic E-state index is 13.7. The number of benzene rings is 2. The highest BCUT2D eigenvalue weighted by atomic mass is 32.1. The molecule has 1 aliphatic rings. The standard InChI is InChI=1S/C28H23N3O7S/c1-4-37-27(33)24-16(2)29-28-30(25(24)17-8-6-5-7-9-17)26(32)23(39-28)15-19-11-13-21(38-19)20-12-10-18(31(34)35)14-22(20)36-3/h5-15,25H,4H2,1-3H3. The highest BCUT2D eigenvalue weighted by molar-refractivity contribution is 7.07. The van der Waals surface area contributed by atoms with Gasteiger partial charge in [0.2, 0.25) is 0 Å². The molecule has 10 nitrogen and oxygen atoms in total. The Morgan fingerprint density at radius 2 is 1.97 bits per heavy atom. The van der Waals surface area contributed by atoms with E-state index >= 15 is 0 Å². The Bertz CT molecular complexity index is 1800. The van der Waals surface area contributed by atoms with Gasteiger partial charge in [-0.25, -0.2) is 9.79 Å². The first-order valence-corrected chi connectivity index (χ1v) is 12.8. The van der Waals surface area contributed by atoms with Gasteiger partial charge in [-0.05, 0) is 37.6 Å². The van der Waals surface area contributed by atoms with Gasteiger partial charge < -0.3 is 13.9 Å². The molecule has 2 aromatic carbocycles. The van der Waals surface area contributed by atoms with Crippen LogP contribution >= 0.6 is 11.3 Å². The van der Waals surface area contributed by atoms with Crippen molar-refractivity contribution in [2.45, 2.75) is 19.9 Å². The fourth-order valence-electron chi connectivity index (χ4n) is 4.44. The van der Waals surface area contributed by atoms with Crippen molar-refractivity contribution in [1.82, 2.24) is 4.57 Å². The minimum Gasteiger partial charge on any atom is -0.496 e. The lowest BCUT2D eigenvalue weighted by molar-refractivity contribution is -0.384. The third-order valence-corrected chi connectivity index (χ3v) is 7.18. The van der Waals surface area contributed by atoms with Gasteiger partial charge in [0, 0.05) is 12.1 Å². The van der Waals surface area contributed by atoms with Gasteiger partial charge in [0.05, 0.1) is 52.1 Å². The van der Waals surface area contributed by atoms with E-state index in [2.05, 4.69) is 4.99 Å². The Kier molecular flexibility index (Phi) is 6.99. The molecule has 0 amide bonds. The Morgan fingerprint density at radius 1 is 1.21 bits per heavy atom. The van der Waals surface area contributed by atoms with E-state index in [1.165, 1.54) is 35.1 Å². The number of nitro benzene ring substituents is 1. The molecule has 0 radical (unpaired) electrons. The zero-order valence-corrected chi connectivity index (χ0v) is 22.1. The Balaban J connectivity index is 1.60. The number of esters is 1. The topological polar surface area (TPSA) is 126 Å². The number of allylic oxidation sites excluding steroid dienone is 1. The summed E-state index contributed by atoms with van der Waals surface area (Å²) < 4.78 is 18.5. The van der Waals surface area contributed by atoms with Crippen LogP contribution in [0.5, 0.6) is 5.75 Å². The smallest absolute Gasteiger partial charge is 0.338 e. The van der Waals surface area contributed by atoms with Crippen LogP contribution < -0.4 is 19.6 Å². The van der Waals surface area contributed by atoms with Crippen molar-refractivity contribution < 1.29 is 23.6 Å². The molecule has 0 saturated heterocycles. The van der Waals surface area contributed by atoms with Crippen LogP contribution in [0.25, 0.3) is 17.4 Å². The molecule has 198 valence electrons. The van der Waals surface area contributed by atoms with Gasteiger partial charge in [-0.3, -0.25) is 19.5 Å². The van der Waals surface area contributed by atoms with Gasteiger partial charge in [-0.1, -0.05) is 41.7 Å². The molecule has 1 atom stereocenters. The van der Waals surface area contributed by atoms with Crippen molar-refractivity contribution in [2.75, 3.05) is 13.7 Å². The zero-order chi connectivity index (χ0) is 27.7. The number of hydrogen-bond donors (Lipinski definition) is 0. The second-order valence-corrected chi connectivity index (χ2v) is 9.57. The number of carbonyl (C=O) groups excluding carboxylic acids is 1. The van der Waals surface area contributed by atoms with Crippen LogP contribution in [0.1, 0.15) is 31.2 Å². The number of ether oxygens (including phenoxy) is 2. The lowest BCUT2D eigenvalue weighted by Gasteiger charge is -2.24. The van der Waals surface area contributed by atoms with E-state index in [1.807, 2.05) is 30.3 Å². The van der Waals surface area contributed by atoms with Crippen molar-refractivity contribution in [3.8, 4) is 17.1 Å². The molecule has 0 N–H and O–H groups in total. The number of rotatable bonds is 7. The molecule has 5 rings (SSSR count). The van der Waals surface area contributed by atoms with Gasteiger partial charge in [0.1, 0.15) is 17.3 Å². The van der Waals surface area contributed by atoms with E-state index in [1.54, 1.807) is 38.1 Å². The van der Waals surface area contributed by atoms with Gasteiger partial charge >= 0.3 is 5.97 Å². The van der Waals surface area contributed by atoms with Crippen LogP contribution in [0.4, 0.5) is 5.69 Å². The number of furan rings is 1. The molecule has 1 unspecified atom stereocenters. The van der Waals surface area contributed by atoms with E-state index < -0.39 is 16.9 Å². The molecular formula is C28H23N3O7S. The predicted octanol–water partition coefficient (Wildman–Crippen LogP) is 3.98. The average Bonchev–Trinajstić information content (AvgIpc) is 3.52. The first-order valence-electron chi connectivity index (χ1n) is 12.0. The average molecular weight is 546 g/mol. The number of thiazole rings is 1. The molecular weight excluding hydrogens is 522 g/mol. The number of aromatic nitrogens is 1. The summed E-state index contributed by atoms with van der Waals surface area (Å²) >= 11 is 1.19. The van der Waals surface area contributed by atoms with Crippen molar-refractivity contribution in [3.63, 3.8) is 0 Å². The SMILES string of the molecule is CCOC(=O)C1=C(C)N=c2sc(=Cc3ccc(-c4ccc([N+](=O)[O-])cc4OC)o3)c(=O)n2C1c1ccccc1. The lowest BCUT2D eigenvalue weighted by Crippen LogP contribution is -2.39. The second kappa shape index (κ2) is 10.5. The summed E-state index contributed by atoms with van der Waals surface area (Å²) in [5.41, 5.74) is 1.66. The van der Waals surface area contributed by atoms with Crippen LogP contribution in [0, 0.1) is 10.1 Å². The van der Waals surface area contributed by atoms with E-state index in [4.69, 9.17) is 13.9 Å². The van der Waals surface area contributed by atoms with Crippen LogP contribution in [-0.4, -0.2) is 29.2 Å². The third-order valence-electron chi connectivity index (χ3n) is 6.19. The number of carbonyl (C=O) groups is 1. The summed E-state index contributed by atoms with van der Waals surface area (Å²) in [6, 6.07) is 16.2. The highest BCUT2D eigenvalue weighted by Crippen LogP contribution is 2.34. The lowest BCUT2D eigenvalue weighted by atomic mass is 9.96. The molecule has 0 bridgehead atoms. The maximum absolute atomic E-state index is 13.7. The Labute approximate surface area is 225 Å². The van der Waals surface area contributed by atoms with Crippen LogP contribution in [0.2, 0.25) is 0 Å². The number of nitrogens with zero attached hydrogens (tertiary/aromatic N) is 3. The highest BCUT2D eigenvalue weighted by Gasteiger charge is 2.33. The molecule has 0 fully saturated rings. The van der Waals surface area contributed by atoms with E-state index in [0.29, 0.717) is 37.7 Å². The number of nitro groups is 1. The zero-order valence-electron chi connectivity index (χ0n) is 21.2. The van der Waals surface area contributed by atoms with E-state index in [-0.39, 0.29) is 23.6 Å². The van der Waals surface area contributed by atoms with Gasteiger partial charge in [0.15, 0.2) is 4.80 Å². The summed E-state index contributed by atoms with van der Waals surface area (Å²) in [6.07, 6.45) is 1.61. The van der Waals surface area contributed by atoms with Gasteiger partial charge in [0.25, 0.3) is 11.2 Å². The number of fused-ring (bicyclic) bond motifs is 1. The molecule has 4 aromatic rings. The summed E-state index contributed by atoms with van der Waals surface area (Å²) in [6.45, 7) is 3.65. The molecule has 39 heavy (non-hydrogen) atoms. The Hall–Kier alpha value is -4.77. The normalized spacial score (nSPS) is 15.1. The van der Waals surface area contributed by atoms with Crippen molar-refractivity contribution >= 4 is 29.1 Å². The van der Waals surface area contributed by atoms with Crippen LogP contribution in [0.3, 0.4) is 0 Å². The molecule has 2 aromatic heterocycles. The van der Waals surface area contributed by atoms with E-state index in [9.17, 15) is 19.7 Å². The first-order chi connectivity index (χ1) is 18.8. The second-order valence-electron chi connectivity index (χ2n) is 8.56. The van der Waals surface area contributed by atoms with Gasteiger partial charge in [-0.15, -0.1) is 0 Å². The summed E-state index contributed by atoms with van der Waals surface area (Å²) in [4.78, 5) is 42.3. The number of non-ortho nitro benzene ring substituents is 1. The monoisotopic (exact) mass is 545 g/mol. The number of hydrogen-bond acceptors (Lipinski definition) is 9. The summed E-state index contributed by atoms with van der Waals surface area (Å²) in [5, 5.41) is 11.1. The van der Waals surface area contributed by atoms with Gasteiger partial charge in [-0.2, -0.15) is 0 Å². The minimum atomic E-state index is -0.694. The fraction of sp³-hybridized carbons (Fsp3) is 0.179. The molecule has 1 aliphatic heterocycles. The molecule has 0 aliphatic carbocycles.